The summed E-state index contributed by atoms with van der Waals surface area (Å²) in [5.41, 5.74) is -0.423. The highest BCUT2D eigenvalue weighted by atomic mass is 35.5. The number of nitrogens with zero attached hydrogens (tertiary/aromatic N) is 3. The van der Waals surface area contributed by atoms with Crippen LogP contribution in [0.1, 0.15) is 13.8 Å². The second-order valence-corrected chi connectivity index (χ2v) is 5.05. The molecule has 0 aliphatic carbocycles. The monoisotopic (exact) mass is 267 g/mol. The Morgan fingerprint density at radius 2 is 2.06 bits per heavy atom. The Labute approximate surface area is 109 Å². The summed E-state index contributed by atoms with van der Waals surface area (Å²) in [6.45, 7) is 4.48. The van der Waals surface area contributed by atoms with E-state index in [1.807, 2.05) is 13.8 Å². The number of aromatic nitrogens is 3. The topological polar surface area (TPSA) is 56.9 Å². The van der Waals surface area contributed by atoms with Crippen molar-refractivity contribution >= 4 is 22.6 Å². The quantitative estimate of drug-likeness (QED) is 0.827. The molecule has 2 heterocycles. The van der Waals surface area contributed by atoms with E-state index in [1.165, 1.54) is 17.8 Å². The number of rotatable bonds is 2. The van der Waals surface area contributed by atoms with Crippen LogP contribution in [0, 0.1) is 5.92 Å². The molecule has 96 valence electrons. The van der Waals surface area contributed by atoms with E-state index >= 15 is 0 Å². The summed E-state index contributed by atoms with van der Waals surface area (Å²) in [6.07, 6.45) is 1.50. The van der Waals surface area contributed by atoms with Gasteiger partial charge in [0.2, 0.25) is 0 Å². The molecule has 2 rings (SSSR count). The summed E-state index contributed by atoms with van der Waals surface area (Å²) in [5.74, 6) is 0.268. The highest BCUT2D eigenvalue weighted by Crippen LogP contribution is 2.16. The smallest absolute Gasteiger partial charge is 0.277 e. The van der Waals surface area contributed by atoms with Gasteiger partial charge in [-0.2, -0.15) is 0 Å². The van der Waals surface area contributed by atoms with Crippen LogP contribution in [-0.4, -0.2) is 14.1 Å². The minimum Gasteiger partial charge on any atom is -0.277 e. The Bertz CT molecular complexity index is 716. The van der Waals surface area contributed by atoms with Crippen molar-refractivity contribution in [1.29, 1.82) is 0 Å². The number of pyridine rings is 1. The van der Waals surface area contributed by atoms with E-state index in [0.717, 1.165) is 4.57 Å². The molecule has 0 fully saturated rings. The molecule has 0 N–H and O–H groups in total. The number of hydrogen-bond donors (Lipinski definition) is 0. The van der Waals surface area contributed by atoms with E-state index in [2.05, 4.69) is 4.98 Å². The molecule has 0 radical (unpaired) electrons. The van der Waals surface area contributed by atoms with E-state index < -0.39 is 5.56 Å². The molecular weight excluding hydrogens is 254 g/mol. The molecule has 18 heavy (non-hydrogen) atoms. The molecular formula is C12H14ClN3O2. The summed E-state index contributed by atoms with van der Waals surface area (Å²) in [6, 6.07) is 1.55. The zero-order valence-electron chi connectivity index (χ0n) is 10.5. The van der Waals surface area contributed by atoms with Crippen LogP contribution in [-0.2, 0) is 13.6 Å². The lowest BCUT2D eigenvalue weighted by molar-refractivity contribution is 0.499. The maximum absolute atomic E-state index is 12.1. The van der Waals surface area contributed by atoms with Crippen molar-refractivity contribution in [2.45, 2.75) is 20.4 Å². The molecule has 0 spiro atoms. The maximum Gasteiger partial charge on any atom is 0.332 e. The molecule has 0 aliphatic heterocycles. The first kappa shape index (κ1) is 12.8. The van der Waals surface area contributed by atoms with E-state index in [0.29, 0.717) is 22.6 Å². The first-order chi connectivity index (χ1) is 8.43. The molecule has 2 aromatic rings. The van der Waals surface area contributed by atoms with Gasteiger partial charge in [-0.25, -0.2) is 9.78 Å². The van der Waals surface area contributed by atoms with Crippen LogP contribution in [0.2, 0.25) is 5.02 Å². The lowest BCUT2D eigenvalue weighted by Crippen LogP contribution is -2.39. The van der Waals surface area contributed by atoms with E-state index in [1.54, 1.807) is 6.07 Å². The van der Waals surface area contributed by atoms with E-state index in [9.17, 15) is 9.59 Å². The zero-order valence-corrected chi connectivity index (χ0v) is 11.2. The van der Waals surface area contributed by atoms with Crippen LogP contribution in [0.4, 0.5) is 0 Å². The Morgan fingerprint density at radius 1 is 1.39 bits per heavy atom. The fourth-order valence-corrected chi connectivity index (χ4v) is 2.11. The van der Waals surface area contributed by atoms with Crippen molar-refractivity contribution in [2.75, 3.05) is 0 Å². The number of hydrogen-bond acceptors (Lipinski definition) is 3. The molecule has 0 bridgehead atoms. The van der Waals surface area contributed by atoms with Gasteiger partial charge in [-0.05, 0) is 12.0 Å². The average molecular weight is 268 g/mol. The summed E-state index contributed by atoms with van der Waals surface area (Å²) < 4.78 is 2.56. The van der Waals surface area contributed by atoms with Gasteiger partial charge in [0.15, 0.2) is 5.65 Å². The fraction of sp³-hybridized carbons (Fsp3) is 0.417. The van der Waals surface area contributed by atoms with Gasteiger partial charge in [0, 0.05) is 19.8 Å². The van der Waals surface area contributed by atoms with Crippen LogP contribution in [0.25, 0.3) is 11.0 Å². The predicted molar refractivity (Wildman–Crippen MR) is 71.1 cm³/mol. The Kier molecular flexibility index (Phi) is 3.26. The van der Waals surface area contributed by atoms with Crippen LogP contribution in [0.15, 0.2) is 21.9 Å². The van der Waals surface area contributed by atoms with Crippen LogP contribution in [0.5, 0.6) is 0 Å². The van der Waals surface area contributed by atoms with Crippen molar-refractivity contribution in [3.63, 3.8) is 0 Å². The first-order valence-electron chi connectivity index (χ1n) is 5.67. The third kappa shape index (κ3) is 1.95. The molecule has 0 saturated heterocycles. The van der Waals surface area contributed by atoms with Gasteiger partial charge in [0.1, 0.15) is 5.39 Å². The van der Waals surface area contributed by atoms with Crippen molar-refractivity contribution < 1.29 is 0 Å². The summed E-state index contributed by atoms with van der Waals surface area (Å²) in [4.78, 5) is 28.2. The van der Waals surface area contributed by atoms with Gasteiger partial charge in [0.25, 0.3) is 5.56 Å². The van der Waals surface area contributed by atoms with Crippen LogP contribution in [0.3, 0.4) is 0 Å². The molecule has 2 aromatic heterocycles. The fourth-order valence-electron chi connectivity index (χ4n) is 1.89. The summed E-state index contributed by atoms with van der Waals surface area (Å²) in [5, 5.41) is 0.611. The minimum absolute atomic E-state index is 0.268. The van der Waals surface area contributed by atoms with Gasteiger partial charge < -0.3 is 0 Å². The Hall–Kier alpha value is -1.62. The molecule has 0 aliphatic rings. The highest BCUT2D eigenvalue weighted by molar-refractivity contribution is 6.35. The highest BCUT2D eigenvalue weighted by Gasteiger charge is 2.14. The number of fused-ring (bicyclic) bond motifs is 1. The van der Waals surface area contributed by atoms with E-state index in [-0.39, 0.29) is 11.6 Å². The second kappa shape index (κ2) is 4.57. The van der Waals surface area contributed by atoms with Gasteiger partial charge >= 0.3 is 5.69 Å². The Balaban J connectivity index is 2.98. The normalized spacial score (nSPS) is 11.4. The van der Waals surface area contributed by atoms with Crippen LogP contribution >= 0.6 is 11.6 Å². The lowest BCUT2D eigenvalue weighted by Gasteiger charge is -2.13. The van der Waals surface area contributed by atoms with Crippen molar-refractivity contribution in [1.82, 2.24) is 14.1 Å². The van der Waals surface area contributed by atoms with E-state index in [4.69, 9.17) is 11.6 Å². The summed E-state index contributed by atoms with van der Waals surface area (Å²) in [7, 11) is 1.45. The largest absolute Gasteiger partial charge is 0.332 e. The molecule has 5 nitrogen and oxygen atoms in total. The van der Waals surface area contributed by atoms with Crippen molar-refractivity contribution in [3.05, 3.63) is 38.1 Å². The van der Waals surface area contributed by atoms with Gasteiger partial charge in [-0.1, -0.05) is 25.4 Å². The molecule has 0 amide bonds. The second-order valence-electron chi connectivity index (χ2n) is 4.64. The average Bonchev–Trinajstić information content (AvgIpc) is 2.31. The molecule has 0 atom stereocenters. The zero-order chi connectivity index (χ0) is 13.4. The van der Waals surface area contributed by atoms with Gasteiger partial charge in [-0.3, -0.25) is 13.9 Å². The third-order valence-corrected chi connectivity index (χ3v) is 3.03. The van der Waals surface area contributed by atoms with Gasteiger partial charge in [0.05, 0.1) is 5.02 Å². The molecule has 6 heteroatoms. The molecule has 0 saturated carbocycles. The first-order valence-corrected chi connectivity index (χ1v) is 6.05. The summed E-state index contributed by atoms with van der Waals surface area (Å²) >= 11 is 6.03. The SMILES string of the molecule is CC(C)Cn1c(=O)n(C)c(=O)c2c(Cl)ccnc21. The lowest BCUT2D eigenvalue weighted by atomic mass is 10.2. The van der Waals surface area contributed by atoms with Crippen molar-refractivity contribution in [2.24, 2.45) is 13.0 Å². The number of halogens is 1. The minimum atomic E-state index is -0.409. The third-order valence-electron chi connectivity index (χ3n) is 2.72. The van der Waals surface area contributed by atoms with Crippen molar-refractivity contribution in [3.8, 4) is 0 Å². The molecule has 0 aromatic carbocycles. The standard InChI is InChI=1S/C12H14ClN3O2/c1-7(2)6-16-10-9(8(13)4-5-14-10)11(17)15(3)12(16)18/h4-5,7H,6H2,1-3H3. The predicted octanol–water partition coefficient (Wildman–Crippen LogP) is 1.40. The Morgan fingerprint density at radius 3 is 2.67 bits per heavy atom. The molecule has 0 unspecified atom stereocenters. The van der Waals surface area contributed by atoms with Gasteiger partial charge in [-0.15, -0.1) is 0 Å². The van der Waals surface area contributed by atoms with Crippen LogP contribution < -0.4 is 11.2 Å². The maximum atomic E-state index is 12.1.